The summed E-state index contributed by atoms with van der Waals surface area (Å²) in [6, 6.07) is 21.7. The highest BCUT2D eigenvalue weighted by molar-refractivity contribution is 9.12. The average Bonchev–Trinajstić information content (AvgIpc) is 2.68. The molecule has 0 saturated heterocycles. The molecule has 2 aromatic rings. The predicted octanol–water partition coefficient (Wildman–Crippen LogP) is 6.30. The van der Waals surface area contributed by atoms with Crippen LogP contribution in [-0.4, -0.2) is 28.1 Å². The first kappa shape index (κ1) is 22.1. The van der Waals surface area contributed by atoms with Crippen molar-refractivity contribution in [3.8, 4) is 6.07 Å². The van der Waals surface area contributed by atoms with Crippen LogP contribution >= 0.6 is 31.9 Å². The predicted molar refractivity (Wildman–Crippen MR) is 122 cm³/mol. The van der Waals surface area contributed by atoms with Crippen LogP contribution in [0, 0.1) is 11.3 Å². The first-order valence-corrected chi connectivity index (χ1v) is 11.3. The topological polar surface area (TPSA) is 27.0 Å². The molecule has 2 nitrogen and oxygen atoms in total. The number of halogens is 2. The van der Waals surface area contributed by atoms with E-state index >= 15 is 0 Å². The Labute approximate surface area is 180 Å². The smallest absolute Gasteiger partial charge is 0.0587 e. The van der Waals surface area contributed by atoms with E-state index < -0.39 is 0 Å². The lowest BCUT2D eigenvalue weighted by Crippen LogP contribution is -2.35. The van der Waals surface area contributed by atoms with Crippen molar-refractivity contribution in [2.75, 3.05) is 13.6 Å². The molecule has 144 valence electrons. The monoisotopic (exact) mass is 490 g/mol. The molecule has 0 spiro atoms. The maximum absolute atomic E-state index is 7.32. The van der Waals surface area contributed by atoms with Crippen LogP contribution in [0.3, 0.4) is 0 Å². The van der Waals surface area contributed by atoms with Crippen molar-refractivity contribution in [2.45, 2.75) is 48.3 Å². The standard InChI is InChI=1S/C21H25Br2N.C2H3N/c1-24(15-17-6-3-2-4-7-17)13-5-8-16-9-11-18(12-10-16)19-14-20(22)21(19)23;1-2-3/h2-4,6-7,9-12,19-21H,5,8,13-15H2,1H3;1H3. The van der Waals surface area contributed by atoms with Gasteiger partial charge in [0.25, 0.3) is 0 Å². The van der Waals surface area contributed by atoms with Gasteiger partial charge in [-0.3, -0.25) is 0 Å². The quantitative estimate of drug-likeness (QED) is 0.425. The summed E-state index contributed by atoms with van der Waals surface area (Å²) in [5, 5.41) is 7.32. The molecular weight excluding hydrogens is 464 g/mol. The van der Waals surface area contributed by atoms with Crippen LogP contribution in [0.1, 0.15) is 42.4 Å². The molecule has 1 aliphatic carbocycles. The molecule has 0 aromatic heterocycles. The van der Waals surface area contributed by atoms with Crippen molar-refractivity contribution in [1.29, 1.82) is 5.26 Å². The molecule has 4 heteroatoms. The van der Waals surface area contributed by atoms with E-state index in [1.54, 1.807) is 6.07 Å². The summed E-state index contributed by atoms with van der Waals surface area (Å²) < 4.78 is 0. The van der Waals surface area contributed by atoms with Gasteiger partial charge in [-0.15, -0.1) is 0 Å². The van der Waals surface area contributed by atoms with E-state index in [1.807, 2.05) is 0 Å². The molecule has 3 atom stereocenters. The first-order chi connectivity index (χ1) is 13.0. The van der Waals surface area contributed by atoms with Gasteiger partial charge in [-0.1, -0.05) is 86.5 Å². The summed E-state index contributed by atoms with van der Waals surface area (Å²) in [4.78, 5) is 3.61. The van der Waals surface area contributed by atoms with Gasteiger partial charge < -0.3 is 4.90 Å². The van der Waals surface area contributed by atoms with Crippen molar-refractivity contribution in [3.05, 3.63) is 71.3 Å². The molecule has 1 fully saturated rings. The lowest BCUT2D eigenvalue weighted by Gasteiger charge is -2.38. The van der Waals surface area contributed by atoms with Crippen LogP contribution in [0.15, 0.2) is 54.6 Å². The van der Waals surface area contributed by atoms with E-state index in [-0.39, 0.29) is 0 Å². The Morgan fingerprint density at radius 2 is 1.67 bits per heavy atom. The van der Waals surface area contributed by atoms with Gasteiger partial charge in [-0.05, 0) is 55.5 Å². The van der Waals surface area contributed by atoms with E-state index in [4.69, 9.17) is 5.26 Å². The van der Waals surface area contributed by atoms with E-state index in [2.05, 4.69) is 98.4 Å². The number of aryl methyl sites for hydroxylation is 1. The fourth-order valence-electron chi connectivity index (χ4n) is 3.34. The zero-order chi connectivity index (χ0) is 19.6. The summed E-state index contributed by atoms with van der Waals surface area (Å²) in [5.41, 5.74) is 4.31. The fraction of sp³-hybridized carbons (Fsp3) is 0.435. The summed E-state index contributed by atoms with van der Waals surface area (Å²) in [6.07, 6.45) is 3.60. The maximum Gasteiger partial charge on any atom is 0.0587 e. The Morgan fingerprint density at radius 3 is 2.22 bits per heavy atom. The minimum Gasteiger partial charge on any atom is -0.302 e. The number of hydrogen-bond acceptors (Lipinski definition) is 2. The first-order valence-electron chi connectivity index (χ1n) is 9.45. The number of alkyl halides is 2. The third-order valence-corrected chi connectivity index (χ3v) is 7.85. The van der Waals surface area contributed by atoms with Gasteiger partial charge in [-0.25, -0.2) is 0 Å². The van der Waals surface area contributed by atoms with Crippen molar-refractivity contribution >= 4 is 31.9 Å². The second-order valence-electron chi connectivity index (χ2n) is 7.09. The highest BCUT2D eigenvalue weighted by Crippen LogP contribution is 2.46. The van der Waals surface area contributed by atoms with E-state index in [1.165, 1.54) is 36.5 Å². The largest absolute Gasteiger partial charge is 0.302 e. The number of benzene rings is 2. The second kappa shape index (κ2) is 11.6. The number of hydrogen-bond donors (Lipinski definition) is 0. The zero-order valence-electron chi connectivity index (χ0n) is 16.1. The normalized spacial score (nSPS) is 21.0. The Morgan fingerprint density at radius 1 is 1.04 bits per heavy atom. The SMILES string of the molecule is CC#N.CN(CCCc1ccc(C2CC(Br)C2Br)cc1)Cc1ccccc1. The molecule has 0 radical (unpaired) electrons. The number of rotatable bonds is 7. The van der Waals surface area contributed by atoms with Gasteiger partial charge in [0.1, 0.15) is 0 Å². The van der Waals surface area contributed by atoms with Crippen molar-refractivity contribution in [2.24, 2.45) is 0 Å². The van der Waals surface area contributed by atoms with Gasteiger partial charge >= 0.3 is 0 Å². The third-order valence-electron chi connectivity index (χ3n) is 4.92. The molecule has 0 N–H and O–H groups in total. The Balaban J connectivity index is 0.000000817. The lowest BCUT2D eigenvalue weighted by atomic mass is 9.79. The number of nitrogens with zero attached hydrogens (tertiary/aromatic N) is 2. The summed E-state index contributed by atoms with van der Waals surface area (Å²) in [6.45, 7) is 3.59. The Hall–Kier alpha value is -1.15. The average molecular weight is 492 g/mol. The Kier molecular flexibility index (Phi) is 9.54. The molecule has 1 saturated carbocycles. The van der Waals surface area contributed by atoms with Gasteiger partial charge in [0.05, 0.1) is 6.07 Å². The Bertz CT molecular complexity index is 709. The van der Waals surface area contributed by atoms with E-state index in [0.29, 0.717) is 15.6 Å². The van der Waals surface area contributed by atoms with Gasteiger partial charge in [0.15, 0.2) is 0 Å². The minimum absolute atomic E-state index is 0.579. The van der Waals surface area contributed by atoms with Gasteiger partial charge in [0.2, 0.25) is 0 Å². The highest BCUT2D eigenvalue weighted by Gasteiger charge is 2.38. The van der Waals surface area contributed by atoms with Gasteiger partial charge in [0, 0.05) is 23.1 Å². The van der Waals surface area contributed by atoms with Crippen LogP contribution in [0.2, 0.25) is 0 Å². The minimum atomic E-state index is 0.579. The van der Waals surface area contributed by atoms with Crippen LogP contribution in [-0.2, 0) is 13.0 Å². The van der Waals surface area contributed by atoms with Crippen LogP contribution in [0.4, 0.5) is 0 Å². The van der Waals surface area contributed by atoms with Crippen LogP contribution in [0.5, 0.6) is 0 Å². The fourth-order valence-corrected chi connectivity index (χ4v) is 4.85. The van der Waals surface area contributed by atoms with E-state index in [9.17, 15) is 0 Å². The van der Waals surface area contributed by atoms with Crippen molar-refractivity contribution in [1.82, 2.24) is 4.90 Å². The van der Waals surface area contributed by atoms with E-state index in [0.717, 1.165) is 19.5 Å². The number of nitriles is 1. The molecular formula is C23H28Br2N2. The second-order valence-corrected chi connectivity index (χ2v) is 9.33. The maximum atomic E-state index is 7.32. The summed E-state index contributed by atoms with van der Waals surface area (Å²) in [5.74, 6) is 0.667. The van der Waals surface area contributed by atoms with Gasteiger partial charge in [-0.2, -0.15) is 5.26 Å². The molecule has 2 aromatic carbocycles. The molecule has 0 heterocycles. The van der Waals surface area contributed by atoms with Crippen LogP contribution < -0.4 is 0 Å². The summed E-state index contributed by atoms with van der Waals surface area (Å²) >= 11 is 7.48. The molecule has 27 heavy (non-hydrogen) atoms. The van der Waals surface area contributed by atoms with Crippen molar-refractivity contribution < 1.29 is 0 Å². The molecule has 0 bridgehead atoms. The molecule has 0 aliphatic heterocycles. The summed E-state index contributed by atoms with van der Waals surface area (Å²) in [7, 11) is 2.21. The zero-order valence-corrected chi connectivity index (χ0v) is 19.3. The third kappa shape index (κ3) is 7.07. The molecule has 3 unspecified atom stereocenters. The van der Waals surface area contributed by atoms with Crippen LogP contribution in [0.25, 0.3) is 0 Å². The molecule has 1 aliphatic rings. The highest BCUT2D eigenvalue weighted by atomic mass is 79.9. The molecule has 3 rings (SSSR count). The molecule has 0 amide bonds. The lowest BCUT2D eigenvalue weighted by molar-refractivity contribution is 0.322. The van der Waals surface area contributed by atoms with Crippen molar-refractivity contribution in [3.63, 3.8) is 0 Å².